The van der Waals surface area contributed by atoms with Crippen molar-refractivity contribution in [2.24, 2.45) is 0 Å². The summed E-state index contributed by atoms with van der Waals surface area (Å²) in [4.78, 5) is 36.4. The zero-order chi connectivity index (χ0) is 17.6. The first-order valence-corrected chi connectivity index (χ1v) is 8.14. The molecule has 0 spiro atoms. The number of carboxylic acids is 1. The summed E-state index contributed by atoms with van der Waals surface area (Å²) in [5, 5.41) is 10.5. The summed E-state index contributed by atoms with van der Waals surface area (Å²) in [7, 11) is 0. The normalized spacial score (nSPS) is 16.8. The molecule has 0 aliphatic carbocycles. The number of nitrogens with one attached hydrogen (secondary N) is 2. The van der Waals surface area contributed by atoms with Crippen molar-refractivity contribution in [3.05, 3.63) is 53.2 Å². The van der Waals surface area contributed by atoms with Gasteiger partial charge >= 0.3 is 5.97 Å². The number of carbonyl (C=O) groups excluding carboxylic acids is 1. The maximum atomic E-state index is 12.9. The first-order valence-electron chi connectivity index (χ1n) is 8.14. The topological polar surface area (TPSA) is 102 Å². The minimum Gasteiger partial charge on any atom is -0.480 e. The predicted octanol–water partition coefficient (Wildman–Crippen LogP) is 1.78. The third-order valence-corrected chi connectivity index (χ3v) is 4.86. The zero-order valence-electron chi connectivity index (χ0n) is 13.7. The molecule has 0 radical (unpaired) electrons. The second-order valence-electron chi connectivity index (χ2n) is 6.36. The fourth-order valence-electron chi connectivity index (χ4n) is 3.53. The first-order chi connectivity index (χ1) is 12.0. The van der Waals surface area contributed by atoms with E-state index in [1.165, 1.54) is 4.90 Å². The number of hydrogen-bond acceptors (Lipinski definition) is 3. The zero-order valence-corrected chi connectivity index (χ0v) is 13.7. The molecule has 1 aromatic carbocycles. The lowest BCUT2D eigenvalue weighted by molar-refractivity contribution is -0.151. The Kier molecular flexibility index (Phi) is 3.56. The smallest absolute Gasteiger partial charge is 0.326 e. The Morgan fingerprint density at radius 3 is 2.96 bits per heavy atom. The van der Waals surface area contributed by atoms with Crippen LogP contribution in [0.4, 0.5) is 0 Å². The summed E-state index contributed by atoms with van der Waals surface area (Å²) < 4.78 is 0. The van der Waals surface area contributed by atoms with E-state index < -0.39 is 12.0 Å². The van der Waals surface area contributed by atoms with Crippen LogP contribution in [-0.2, 0) is 29.0 Å². The molecule has 4 rings (SSSR count). The molecule has 0 bridgehead atoms. The lowest BCUT2D eigenvalue weighted by Crippen LogP contribution is -2.49. The van der Waals surface area contributed by atoms with Crippen molar-refractivity contribution in [2.45, 2.75) is 32.4 Å². The summed E-state index contributed by atoms with van der Waals surface area (Å²) in [5.74, 6) is -1.20. The fraction of sp³-hybridized carbons (Fsp3) is 0.278. The van der Waals surface area contributed by atoms with Gasteiger partial charge in [-0.15, -0.1) is 0 Å². The molecule has 1 aliphatic heterocycles. The van der Waals surface area contributed by atoms with E-state index in [9.17, 15) is 14.7 Å². The molecule has 0 fully saturated rings. The predicted molar refractivity (Wildman–Crippen MR) is 91.0 cm³/mol. The van der Waals surface area contributed by atoms with E-state index in [0.29, 0.717) is 0 Å². The highest BCUT2D eigenvalue weighted by atomic mass is 16.4. The summed E-state index contributed by atoms with van der Waals surface area (Å²) in [6.07, 6.45) is 1.94. The van der Waals surface area contributed by atoms with Crippen LogP contribution in [0.3, 0.4) is 0 Å². The molecule has 0 saturated heterocycles. The fourth-order valence-corrected chi connectivity index (χ4v) is 3.53. The van der Waals surface area contributed by atoms with Crippen molar-refractivity contribution in [2.75, 3.05) is 0 Å². The van der Waals surface area contributed by atoms with Crippen LogP contribution in [0.25, 0.3) is 10.9 Å². The highest BCUT2D eigenvalue weighted by Crippen LogP contribution is 2.26. The van der Waals surface area contributed by atoms with Crippen molar-refractivity contribution in [3.63, 3.8) is 0 Å². The van der Waals surface area contributed by atoms with Crippen LogP contribution in [0.5, 0.6) is 0 Å². The Labute approximate surface area is 143 Å². The number of fused-ring (bicyclic) bond motifs is 2. The largest absolute Gasteiger partial charge is 0.480 e. The quantitative estimate of drug-likeness (QED) is 0.677. The van der Waals surface area contributed by atoms with Crippen LogP contribution in [0.1, 0.15) is 22.6 Å². The van der Waals surface area contributed by atoms with E-state index in [0.717, 1.165) is 33.5 Å². The van der Waals surface area contributed by atoms with E-state index >= 15 is 0 Å². The number of carboxylic acid groups (broad SMARTS) is 1. The third kappa shape index (κ3) is 2.57. The molecule has 25 heavy (non-hydrogen) atoms. The summed E-state index contributed by atoms with van der Waals surface area (Å²) in [5.41, 5.74) is 4.36. The van der Waals surface area contributed by atoms with Crippen molar-refractivity contribution < 1.29 is 14.7 Å². The Bertz CT molecular complexity index is 972. The Morgan fingerprint density at radius 1 is 1.36 bits per heavy atom. The van der Waals surface area contributed by atoms with Crippen molar-refractivity contribution in [1.29, 1.82) is 0 Å². The van der Waals surface area contributed by atoms with E-state index in [4.69, 9.17) is 0 Å². The molecule has 128 valence electrons. The van der Waals surface area contributed by atoms with Gasteiger partial charge in [0.2, 0.25) is 5.91 Å². The number of hydrogen-bond donors (Lipinski definition) is 3. The highest BCUT2D eigenvalue weighted by Gasteiger charge is 2.36. The number of para-hydroxylation sites is 1. The van der Waals surface area contributed by atoms with Crippen molar-refractivity contribution in [3.8, 4) is 0 Å². The summed E-state index contributed by atoms with van der Waals surface area (Å²) in [6, 6.07) is 6.93. The number of aliphatic carboxylic acids is 1. The van der Waals surface area contributed by atoms with Gasteiger partial charge in [-0.25, -0.2) is 9.78 Å². The first kappa shape index (κ1) is 15.4. The van der Waals surface area contributed by atoms with Crippen LogP contribution in [0.15, 0.2) is 30.6 Å². The number of benzene rings is 1. The van der Waals surface area contributed by atoms with Crippen LogP contribution in [-0.4, -0.2) is 42.9 Å². The van der Waals surface area contributed by atoms with Gasteiger partial charge in [-0.05, 0) is 18.6 Å². The Balaban J connectivity index is 1.65. The molecule has 2 aromatic heterocycles. The van der Waals surface area contributed by atoms with E-state index in [1.54, 1.807) is 6.33 Å². The Hall–Kier alpha value is -3.09. The third-order valence-electron chi connectivity index (χ3n) is 4.86. The van der Waals surface area contributed by atoms with Gasteiger partial charge in [0.25, 0.3) is 0 Å². The number of H-pyrrole nitrogens is 2. The molecule has 3 N–H and O–H groups in total. The highest BCUT2D eigenvalue weighted by molar-refractivity contribution is 5.91. The maximum Gasteiger partial charge on any atom is 0.326 e. The number of carbonyl (C=O) groups is 2. The molecular weight excluding hydrogens is 320 g/mol. The summed E-state index contributed by atoms with van der Waals surface area (Å²) >= 11 is 0. The molecule has 7 heteroatoms. The molecule has 1 aliphatic rings. The van der Waals surface area contributed by atoms with Gasteiger partial charge in [0, 0.05) is 23.0 Å². The van der Waals surface area contributed by atoms with Crippen LogP contribution >= 0.6 is 0 Å². The number of amides is 1. The second kappa shape index (κ2) is 5.77. The number of aromatic amines is 2. The van der Waals surface area contributed by atoms with Crippen LogP contribution < -0.4 is 0 Å². The Morgan fingerprint density at radius 2 is 2.16 bits per heavy atom. The van der Waals surface area contributed by atoms with Gasteiger partial charge in [0.05, 0.1) is 30.7 Å². The van der Waals surface area contributed by atoms with Crippen molar-refractivity contribution >= 4 is 22.8 Å². The van der Waals surface area contributed by atoms with Gasteiger partial charge in [-0.1, -0.05) is 18.2 Å². The minimum absolute atomic E-state index is 0.170. The van der Waals surface area contributed by atoms with E-state index in [2.05, 4.69) is 15.0 Å². The number of aromatic nitrogens is 3. The standard InChI is InChI=1S/C18H18N4O3/c1-10-12(11-4-2-3-5-13(11)21-10)6-17(23)22-8-15-14(19-9-20-15)7-16(22)18(24)25/h2-5,9,16,21H,6-8H2,1H3,(H,19,20)(H,24,25)/t16-/m0/s1. The summed E-state index contributed by atoms with van der Waals surface area (Å²) in [6.45, 7) is 2.17. The second-order valence-corrected chi connectivity index (χ2v) is 6.36. The van der Waals surface area contributed by atoms with Crippen molar-refractivity contribution in [1.82, 2.24) is 19.9 Å². The molecule has 7 nitrogen and oxygen atoms in total. The van der Waals surface area contributed by atoms with Crippen LogP contribution in [0, 0.1) is 6.92 Å². The van der Waals surface area contributed by atoms with Gasteiger partial charge in [-0.2, -0.15) is 0 Å². The average Bonchev–Trinajstić information content (AvgIpc) is 3.17. The molecular formula is C18H18N4O3. The van der Waals surface area contributed by atoms with Gasteiger partial charge < -0.3 is 20.0 Å². The van der Waals surface area contributed by atoms with Gasteiger partial charge in [0.1, 0.15) is 6.04 Å². The molecule has 0 saturated carbocycles. The van der Waals surface area contributed by atoms with Crippen LogP contribution in [0.2, 0.25) is 0 Å². The lowest BCUT2D eigenvalue weighted by atomic mass is 10.0. The van der Waals surface area contributed by atoms with Gasteiger partial charge in [0.15, 0.2) is 0 Å². The average molecular weight is 338 g/mol. The number of rotatable bonds is 3. The van der Waals surface area contributed by atoms with Gasteiger partial charge in [-0.3, -0.25) is 4.79 Å². The number of imidazole rings is 1. The molecule has 3 heterocycles. The molecule has 0 unspecified atom stereocenters. The van der Waals surface area contributed by atoms with E-state index in [-0.39, 0.29) is 25.3 Å². The molecule has 3 aromatic rings. The SMILES string of the molecule is Cc1[nH]c2ccccc2c1CC(=O)N1Cc2[nH]cnc2C[C@H]1C(=O)O. The monoisotopic (exact) mass is 338 g/mol. The maximum absolute atomic E-state index is 12.9. The lowest BCUT2D eigenvalue weighted by Gasteiger charge is -2.32. The minimum atomic E-state index is -1.00. The number of aryl methyl sites for hydroxylation is 1. The molecule has 1 atom stereocenters. The number of nitrogens with zero attached hydrogens (tertiary/aromatic N) is 2. The molecule has 1 amide bonds. The van der Waals surface area contributed by atoms with E-state index in [1.807, 2.05) is 31.2 Å².